The van der Waals surface area contributed by atoms with Crippen LogP contribution in [0.5, 0.6) is 0 Å². The van der Waals surface area contributed by atoms with E-state index in [9.17, 15) is 13.2 Å². The number of nitrogens with one attached hydrogen (secondary N) is 1. The minimum atomic E-state index is -4.52. The highest BCUT2D eigenvalue weighted by Crippen LogP contribution is 2.28. The highest BCUT2D eigenvalue weighted by Gasteiger charge is 2.32. The summed E-state index contributed by atoms with van der Waals surface area (Å²) in [6, 6.07) is 7.78. The van der Waals surface area contributed by atoms with Gasteiger partial charge in [-0.05, 0) is 42.8 Å². The van der Waals surface area contributed by atoms with Crippen molar-refractivity contribution in [1.29, 1.82) is 0 Å². The molecule has 124 valence electrons. The van der Waals surface area contributed by atoms with E-state index in [2.05, 4.69) is 20.4 Å². The van der Waals surface area contributed by atoms with Crippen LogP contribution < -0.4 is 5.32 Å². The Kier molecular flexibility index (Phi) is 4.15. The first-order valence-electron chi connectivity index (χ1n) is 6.82. The largest absolute Gasteiger partial charge is 0.433 e. The number of hydrogen-bond acceptors (Lipinski definition) is 4. The van der Waals surface area contributed by atoms with Crippen LogP contribution in [0.1, 0.15) is 11.3 Å². The molecule has 0 atom stereocenters. The lowest BCUT2D eigenvalue weighted by Gasteiger charge is -2.11. The average Bonchev–Trinajstić information content (AvgIpc) is 2.93. The molecule has 0 radical (unpaired) electrons. The molecule has 1 N–H and O–H groups in total. The molecule has 0 amide bonds. The zero-order chi connectivity index (χ0) is 17.3. The van der Waals surface area contributed by atoms with Gasteiger partial charge in [0.15, 0.2) is 5.15 Å². The van der Waals surface area contributed by atoms with E-state index in [0.29, 0.717) is 16.5 Å². The average molecular weight is 354 g/mol. The maximum absolute atomic E-state index is 12.7. The van der Waals surface area contributed by atoms with Gasteiger partial charge in [-0.1, -0.05) is 11.6 Å². The van der Waals surface area contributed by atoms with Gasteiger partial charge in [0.05, 0.1) is 5.69 Å². The van der Waals surface area contributed by atoms with Crippen LogP contribution in [0.4, 0.5) is 24.8 Å². The Bertz CT molecular complexity index is 876. The number of aromatic nitrogens is 4. The second-order valence-electron chi connectivity index (χ2n) is 5.03. The van der Waals surface area contributed by atoms with E-state index in [1.807, 2.05) is 13.0 Å². The highest BCUT2D eigenvalue weighted by molar-refractivity contribution is 6.29. The standard InChI is InChI=1S/C15H11ClF3N5/c1-9-6-10(8-11(7-9)24-5-3-13(16)23-24)21-14-20-4-2-12(22-14)15(17,18)19/h2-8H,1H3,(H,20,21,22). The van der Waals surface area contributed by atoms with Crippen molar-refractivity contribution in [2.75, 3.05) is 5.32 Å². The topological polar surface area (TPSA) is 55.6 Å². The number of halogens is 4. The minimum Gasteiger partial charge on any atom is -0.324 e. The molecule has 9 heteroatoms. The Labute approximate surface area is 140 Å². The summed E-state index contributed by atoms with van der Waals surface area (Å²) in [6.07, 6.45) is -1.78. The summed E-state index contributed by atoms with van der Waals surface area (Å²) in [5.74, 6) is -0.139. The lowest BCUT2D eigenvalue weighted by Crippen LogP contribution is -2.10. The van der Waals surface area contributed by atoms with E-state index in [1.165, 1.54) is 0 Å². The van der Waals surface area contributed by atoms with Crippen molar-refractivity contribution in [3.8, 4) is 5.69 Å². The molecule has 0 spiro atoms. The fraction of sp³-hybridized carbons (Fsp3) is 0.133. The number of alkyl halides is 3. The summed E-state index contributed by atoms with van der Waals surface area (Å²) in [7, 11) is 0. The number of benzene rings is 1. The van der Waals surface area contributed by atoms with Crippen LogP contribution in [0, 0.1) is 6.92 Å². The third kappa shape index (κ3) is 3.65. The van der Waals surface area contributed by atoms with Crippen LogP contribution in [0.3, 0.4) is 0 Å². The molecule has 0 aliphatic heterocycles. The van der Waals surface area contributed by atoms with E-state index in [-0.39, 0.29) is 5.95 Å². The molecular formula is C15H11ClF3N5. The van der Waals surface area contributed by atoms with Gasteiger partial charge in [-0.25, -0.2) is 14.6 Å². The molecule has 0 aliphatic rings. The van der Waals surface area contributed by atoms with Gasteiger partial charge in [-0.3, -0.25) is 0 Å². The van der Waals surface area contributed by atoms with Gasteiger partial charge < -0.3 is 5.32 Å². The molecule has 2 aromatic heterocycles. The van der Waals surface area contributed by atoms with Crippen molar-refractivity contribution in [2.24, 2.45) is 0 Å². The Hall–Kier alpha value is -2.61. The van der Waals surface area contributed by atoms with E-state index >= 15 is 0 Å². The lowest BCUT2D eigenvalue weighted by molar-refractivity contribution is -0.141. The molecule has 0 fully saturated rings. The van der Waals surface area contributed by atoms with Gasteiger partial charge in [-0.15, -0.1) is 0 Å². The smallest absolute Gasteiger partial charge is 0.324 e. The van der Waals surface area contributed by atoms with Gasteiger partial charge in [0.1, 0.15) is 5.69 Å². The van der Waals surface area contributed by atoms with E-state index in [4.69, 9.17) is 11.6 Å². The Morgan fingerprint density at radius 2 is 1.96 bits per heavy atom. The van der Waals surface area contributed by atoms with E-state index in [0.717, 1.165) is 17.8 Å². The number of aryl methyl sites for hydroxylation is 1. The fourth-order valence-corrected chi connectivity index (χ4v) is 2.26. The van der Waals surface area contributed by atoms with Crippen LogP contribution >= 0.6 is 11.6 Å². The quantitative estimate of drug-likeness (QED) is 0.759. The molecule has 0 aliphatic carbocycles. The number of anilines is 2. The zero-order valence-corrected chi connectivity index (χ0v) is 13.1. The van der Waals surface area contributed by atoms with Crippen molar-refractivity contribution >= 4 is 23.2 Å². The van der Waals surface area contributed by atoms with Crippen LogP contribution in [0.25, 0.3) is 5.69 Å². The molecule has 24 heavy (non-hydrogen) atoms. The minimum absolute atomic E-state index is 0.139. The predicted molar refractivity (Wildman–Crippen MR) is 83.6 cm³/mol. The molecule has 3 aromatic rings. The molecule has 0 unspecified atom stereocenters. The summed E-state index contributed by atoms with van der Waals surface area (Å²) in [5, 5.41) is 7.21. The highest BCUT2D eigenvalue weighted by atomic mass is 35.5. The second-order valence-corrected chi connectivity index (χ2v) is 5.42. The maximum atomic E-state index is 12.7. The summed E-state index contributed by atoms with van der Waals surface area (Å²) >= 11 is 5.81. The van der Waals surface area contributed by atoms with Crippen LogP contribution in [0.2, 0.25) is 5.15 Å². The predicted octanol–water partition coefficient (Wildman–Crippen LogP) is 4.39. The van der Waals surface area contributed by atoms with Crippen molar-refractivity contribution in [2.45, 2.75) is 13.1 Å². The third-order valence-corrected chi connectivity index (χ3v) is 3.29. The van der Waals surface area contributed by atoms with E-state index < -0.39 is 11.9 Å². The van der Waals surface area contributed by atoms with Gasteiger partial charge >= 0.3 is 6.18 Å². The SMILES string of the molecule is Cc1cc(Nc2nccc(C(F)(F)F)n2)cc(-n2ccc(Cl)n2)c1. The molecular weight excluding hydrogens is 343 g/mol. The van der Waals surface area contributed by atoms with Gasteiger partial charge in [0.2, 0.25) is 5.95 Å². The summed E-state index contributed by atoms with van der Waals surface area (Å²) in [5.41, 5.74) is 1.12. The number of nitrogens with zero attached hydrogens (tertiary/aromatic N) is 4. The van der Waals surface area contributed by atoms with Crippen LogP contribution in [-0.2, 0) is 6.18 Å². The van der Waals surface area contributed by atoms with Gasteiger partial charge in [0.25, 0.3) is 0 Å². The van der Waals surface area contributed by atoms with Gasteiger partial charge in [-0.2, -0.15) is 18.3 Å². The first-order valence-corrected chi connectivity index (χ1v) is 7.19. The molecule has 0 saturated carbocycles. The van der Waals surface area contributed by atoms with Crippen molar-refractivity contribution in [3.05, 3.63) is 59.1 Å². The van der Waals surface area contributed by atoms with E-state index in [1.54, 1.807) is 29.1 Å². The zero-order valence-electron chi connectivity index (χ0n) is 12.3. The molecule has 1 aromatic carbocycles. The molecule has 5 nitrogen and oxygen atoms in total. The Morgan fingerprint density at radius 1 is 1.17 bits per heavy atom. The monoisotopic (exact) mass is 353 g/mol. The number of hydrogen-bond donors (Lipinski definition) is 1. The van der Waals surface area contributed by atoms with Crippen LogP contribution in [0.15, 0.2) is 42.7 Å². The second kappa shape index (κ2) is 6.12. The first-order chi connectivity index (χ1) is 11.3. The number of rotatable bonds is 3. The normalized spacial score (nSPS) is 11.5. The van der Waals surface area contributed by atoms with Crippen molar-refractivity contribution in [3.63, 3.8) is 0 Å². The molecule has 2 heterocycles. The molecule has 0 saturated heterocycles. The summed E-state index contributed by atoms with van der Waals surface area (Å²) in [4.78, 5) is 7.30. The Balaban J connectivity index is 1.92. The fourth-order valence-electron chi connectivity index (χ4n) is 2.12. The maximum Gasteiger partial charge on any atom is 0.433 e. The van der Waals surface area contributed by atoms with Crippen LogP contribution in [-0.4, -0.2) is 19.7 Å². The summed E-state index contributed by atoms with van der Waals surface area (Å²) < 4.78 is 39.7. The molecule has 3 rings (SSSR count). The first kappa shape index (κ1) is 16.3. The van der Waals surface area contributed by atoms with Crippen molar-refractivity contribution in [1.82, 2.24) is 19.7 Å². The Morgan fingerprint density at radius 3 is 2.62 bits per heavy atom. The molecule has 0 bridgehead atoms. The third-order valence-electron chi connectivity index (χ3n) is 3.09. The van der Waals surface area contributed by atoms with Crippen molar-refractivity contribution < 1.29 is 13.2 Å². The van der Waals surface area contributed by atoms with Gasteiger partial charge in [0, 0.05) is 18.1 Å². The summed E-state index contributed by atoms with van der Waals surface area (Å²) in [6.45, 7) is 1.85. The lowest BCUT2D eigenvalue weighted by atomic mass is 10.2.